The van der Waals surface area contributed by atoms with Gasteiger partial charge in [0.25, 0.3) is 15.7 Å². The van der Waals surface area contributed by atoms with E-state index in [-0.39, 0.29) is 18.9 Å². The SMILES string of the molecule is CC#CCN(C1CCCC=C1c1cc2c(cc1C(=O)OC)OCO2)S(=O)(=O)c1ccccc1[N+](=O)[O-]. The van der Waals surface area contributed by atoms with E-state index in [2.05, 4.69) is 11.8 Å². The van der Waals surface area contributed by atoms with E-state index in [4.69, 9.17) is 14.2 Å². The van der Waals surface area contributed by atoms with Crippen LogP contribution >= 0.6 is 0 Å². The van der Waals surface area contributed by atoms with Crippen molar-refractivity contribution in [2.45, 2.75) is 37.1 Å². The van der Waals surface area contributed by atoms with Gasteiger partial charge in [-0.25, -0.2) is 13.2 Å². The van der Waals surface area contributed by atoms with Crippen LogP contribution in [0.5, 0.6) is 11.5 Å². The molecule has 1 atom stereocenters. The van der Waals surface area contributed by atoms with Gasteiger partial charge in [-0.15, -0.1) is 5.92 Å². The molecule has 1 aliphatic heterocycles. The number of esters is 1. The van der Waals surface area contributed by atoms with Crippen molar-refractivity contribution in [3.63, 3.8) is 0 Å². The molecule has 0 spiro atoms. The highest BCUT2D eigenvalue weighted by Gasteiger charge is 2.39. The molecule has 1 aliphatic carbocycles. The van der Waals surface area contributed by atoms with Crippen molar-refractivity contribution in [2.75, 3.05) is 20.4 Å². The Morgan fingerprint density at radius 2 is 1.97 bits per heavy atom. The number of carbonyl (C=O) groups excluding carboxylic acids is 1. The summed E-state index contributed by atoms with van der Waals surface area (Å²) in [5.74, 6) is 5.69. The topological polar surface area (TPSA) is 125 Å². The molecule has 36 heavy (non-hydrogen) atoms. The van der Waals surface area contributed by atoms with E-state index in [1.807, 2.05) is 6.08 Å². The summed E-state index contributed by atoms with van der Waals surface area (Å²) in [5, 5.41) is 11.6. The lowest BCUT2D eigenvalue weighted by atomic mass is 9.86. The number of methoxy groups -OCH3 is 1. The summed E-state index contributed by atoms with van der Waals surface area (Å²) in [5.41, 5.74) is 0.694. The van der Waals surface area contributed by atoms with Gasteiger partial charge in [0.1, 0.15) is 0 Å². The molecule has 0 saturated heterocycles. The molecule has 188 valence electrons. The Labute approximate surface area is 208 Å². The third-order valence-electron chi connectivity index (χ3n) is 6.04. The summed E-state index contributed by atoms with van der Waals surface area (Å²) in [6, 6.07) is 7.63. The van der Waals surface area contributed by atoms with E-state index in [1.165, 1.54) is 35.7 Å². The van der Waals surface area contributed by atoms with Gasteiger partial charge in [0.15, 0.2) is 16.4 Å². The number of carbonyl (C=O) groups is 1. The van der Waals surface area contributed by atoms with Crippen molar-refractivity contribution in [2.24, 2.45) is 0 Å². The summed E-state index contributed by atoms with van der Waals surface area (Å²) < 4.78 is 44.8. The first kappa shape index (κ1) is 25.2. The number of nitro benzene ring substituents is 1. The molecule has 2 aromatic rings. The largest absolute Gasteiger partial charge is 0.465 e. The quantitative estimate of drug-likeness (QED) is 0.238. The molecular weight excluding hydrogens is 488 g/mol. The number of para-hydroxylation sites is 1. The van der Waals surface area contributed by atoms with Gasteiger partial charge in [-0.3, -0.25) is 10.1 Å². The molecule has 2 aliphatic rings. The fourth-order valence-corrected chi connectivity index (χ4v) is 6.08. The van der Waals surface area contributed by atoms with Crippen LogP contribution < -0.4 is 9.47 Å². The Kier molecular flexibility index (Phi) is 7.28. The van der Waals surface area contributed by atoms with Crippen molar-refractivity contribution in [3.05, 3.63) is 63.7 Å². The van der Waals surface area contributed by atoms with Crippen LogP contribution in [0, 0.1) is 22.0 Å². The number of sulfonamides is 1. The molecule has 1 unspecified atom stereocenters. The number of allylic oxidation sites excluding steroid dienone is 1. The van der Waals surface area contributed by atoms with E-state index >= 15 is 0 Å². The standard InChI is InChI=1S/C25H24N2O8S/c1-3-4-13-26(36(31,32)24-12-8-7-11-21(24)27(29)30)20-10-6-5-9-17(20)18-14-22-23(35-16-34-22)15-19(18)25(28)33-2/h7-9,11-12,14-15,20H,5-6,10,13,16H2,1-2H3. The third kappa shape index (κ3) is 4.65. The van der Waals surface area contributed by atoms with Crippen molar-refractivity contribution < 1.29 is 32.3 Å². The summed E-state index contributed by atoms with van der Waals surface area (Å²) in [7, 11) is -3.11. The molecule has 0 radical (unpaired) electrons. The zero-order valence-electron chi connectivity index (χ0n) is 19.7. The molecule has 0 bridgehead atoms. The minimum atomic E-state index is -4.36. The Hall–Kier alpha value is -3.88. The highest BCUT2D eigenvalue weighted by atomic mass is 32.2. The minimum Gasteiger partial charge on any atom is -0.465 e. The number of nitrogens with zero attached hydrogens (tertiary/aromatic N) is 2. The normalized spacial score (nSPS) is 16.6. The molecule has 1 heterocycles. The van der Waals surface area contributed by atoms with Crippen LogP contribution in [0.3, 0.4) is 0 Å². The molecule has 0 amide bonds. The van der Waals surface area contributed by atoms with Gasteiger partial charge in [-0.2, -0.15) is 4.31 Å². The Morgan fingerprint density at radius 3 is 2.67 bits per heavy atom. The average Bonchev–Trinajstić information content (AvgIpc) is 3.35. The van der Waals surface area contributed by atoms with Crippen molar-refractivity contribution in [3.8, 4) is 23.3 Å². The number of ether oxygens (including phenoxy) is 3. The van der Waals surface area contributed by atoms with Crippen molar-refractivity contribution >= 4 is 27.3 Å². The monoisotopic (exact) mass is 512 g/mol. The molecule has 11 heteroatoms. The first-order valence-corrected chi connectivity index (χ1v) is 12.6. The molecular formula is C25H24N2O8S. The molecule has 0 fully saturated rings. The van der Waals surface area contributed by atoms with Crippen LogP contribution in [0.25, 0.3) is 5.57 Å². The van der Waals surface area contributed by atoms with Crippen molar-refractivity contribution in [1.82, 2.24) is 4.31 Å². The molecule has 10 nitrogen and oxygen atoms in total. The Balaban J connectivity index is 1.88. The molecule has 0 aromatic heterocycles. The van der Waals surface area contributed by atoms with E-state index < -0.39 is 37.5 Å². The highest BCUT2D eigenvalue weighted by molar-refractivity contribution is 7.89. The maximum absolute atomic E-state index is 13.9. The first-order chi connectivity index (χ1) is 17.3. The Bertz CT molecular complexity index is 1400. The van der Waals surface area contributed by atoms with E-state index in [0.29, 0.717) is 41.9 Å². The van der Waals surface area contributed by atoms with Crippen LogP contribution in [0.1, 0.15) is 42.1 Å². The van der Waals surface area contributed by atoms with Gasteiger partial charge < -0.3 is 14.2 Å². The molecule has 2 aromatic carbocycles. The molecule has 4 rings (SSSR count). The molecule has 0 saturated carbocycles. The van der Waals surface area contributed by atoms with Gasteiger partial charge in [0.2, 0.25) is 6.79 Å². The predicted octanol–water partition coefficient (Wildman–Crippen LogP) is 3.76. The summed E-state index contributed by atoms with van der Waals surface area (Å²) in [6.07, 6.45) is 3.63. The number of rotatable bonds is 7. The van der Waals surface area contributed by atoms with Gasteiger partial charge in [0, 0.05) is 6.07 Å². The number of hydrogen-bond donors (Lipinski definition) is 0. The second kappa shape index (κ2) is 10.4. The fourth-order valence-electron chi connectivity index (χ4n) is 4.38. The fraction of sp³-hybridized carbons (Fsp3) is 0.320. The lowest BCUT2D eigenvalue weighted by Gasteiger charge is -2.34. The predicted molar refractivity (Wildman–Crippen MR) is 130 cm³/mol. The van der Waals surface area contributed by atoms with Crippen LogP contribution in [0.15, 0.2) is 47.4 Å². The first-order valence-electron chi connectivity index (χ1n) is 11.2. The zero-order valence-corrected chi connectivity index (χ0v) is 20.5. The Morgan fingerprint density at radius 1 is 1.25 bits per heavy atom. The van der Waals surface area contributed by atoms with Gasteiger partial charge >= 0.3 is 5.97 Å². The summed E-state index contributed by atoms with van der Waals surface area (Å²) in [6.45, 7) is 1.39. The van der Waals surface area contributed by atoms with E-state index in [1.54, 1.807) is 13.0 Å². The van der Waals surface area contributed by atoms with E-state index in [0.717, 1.165) is 6.07 Å². The smallest absolute Gasteiger partial charge is 0.338 e. The second-order valence-corrected chi connectivity index (χ2v) is 9.91. The number of fused-ring (bicyclic) bond motifs is 1. The van der Waals surface area contributed by atoms with Gasteiger partial charge in [-0.05, 0) is 55.5 Å². The number of nitro groups is 1. The van der Waals surface area contributed by atoms with Crippen LogP contribution in [-0.2, 0) is 14.8 Å². The lowest BCUT2D eigenvalue weighted by molar-refractivity contribution is -0.387. The van der Waals surface area contributed by atoms with Crippen LogP contribution in [0.2, 0.25) is 0 Å². The second-order valence-electron chi connectivity index (χ2n) is 8.05. The summed E-state index contributed by atoms with van der Waals surface area (Å²) >= 11 is 0. The van der Waals surface area contributed by atoms with Gasteiger partial charge in [0.05, 0.1) is 30.2 Å². The number of benzene rings is 2. The highest BCUT2D eigenvalue weighted by Crippen LogP contribution is 2.42. The number of hydrogen-bond acceptors (Lipinski definition) is 8. The van der Waals surface area contributed by atoms with Crippen LogP contribution in [0.4, 0.5) is 5.69 Å². The zero-order chi connectivity index (χ0) is 25.9. The minimum absolute atomic E-state index is 0.00779. The van der Waals surface area contributed by atoms with Crippen molar-refractivity contribution in [1.29, 1.82) is 0 Å². The average molecular weight is 513 g/mol. The maximum Gasteiger partial charge on any atom is 0.338 e. The lowest BCUT2D eigenvalue weighted by Crippen LogP contribution is -2.42. The third-order valence-corrected chi connectivity index (χ3v) is 7.94. The molecule has 0 N–H and O–H groups in total. The van der Waals surface area contributed by atoms with Crippen LogP contribution in [-0.4, -0.2) is 50.1 Å². The van der Waals surface area contributed by atoms with Gasteiger partial charge in [-0.1, -0.05) is 24.1 Å². The summed E-state index contributed by atoms with van der Waals surface area (Å²) in [4.78, 5) is 23.2. The van der Waals surface area contributed by atoms with E-state index in [9.17, 15) is 23.3 Å². The maximum atomic E-state index is 13.9.